The van der Waals surface area contributed by atoms with Gasteiger partial charge in [0.15, 0.2) is 11.6 Å². The van der Waals surface area contributed by atoms with E-state index in [2.05, 4.69) is 31.7 Å². The van der Waals surface area contributed by atoms with Gasteiger partial charge in [-0.25, -0.2) is 9.97 Å². The number of hydrogen-bond donors (Lipinski definition) is 2. The summed E-state index contributed by atoms with van der Waals surface area (Å²) in [4.78, 5) is 27.9. The highest BCUT2D eigenvalue weighted by molar-refractivity contribution is 5.83. The molecule has 27 heavy (non-hydrogen) atoms. The first kappa shape index (κ1) is 18.8. The average molecular weight is 364 g/mol. The molecule has 1 atom stereocenters. The maximum absolute atomic E-state index is 12.7. The first-order chi connectivity index (χ1) is 13.1. The van der Waals surface area contributed by atoms with Crippen molar-refractivity contribution < 1.29 is 4.79 Å². The highest BCUT2D eigenvalue weighted by Crippen LogP contribution is 2.21. The fourth-order valence-electron chi connectivity index (χ4n) is 3.17. The Labute approximate surface area is 159 Å². The van der Waals surface area contributed by atoms with Crippen molar-refractivity contribution in [2.24, 2.45) is 0 Å². The minimum absolute atomic E-state index is 0.0939. The Morgan fingerprint density at radius 1 is 1.37 bits per heavy atom. The van der Waals surface area contributed by atoms with Crippen molar-refractivity contribution in [1.29, 1.82) is 0 Å². The molecule has 0 unspecified atom stereocenters. The molecule has 2 N–H and O–H groups in total. The molecule has 1 fully saturated rings. The molecule has 2 aromatic rings. The van der Waals surface area contributed by atoms with E-state index in [1.807, 2.05) is 30.9 Å². The van der Waals surface area contributed by atoms with E-state index in [1.54, 1.807) is 12.4 Å². The zero-order valence-electron chi connectivity index (χ0n) is 15.7. The average Bonchev–Trinajstić information content (AvgIpc) is 2.70. The quantitative estimate of drug-likeness (QED) is 0.624. The normalized spacial score (nSPS) is 17.1. The molecule has 0 aliphatic carbocycles. The van der Waals surface area contributed by atoms with Gasteiger partial charge in [0.2, 0.25) is 0 Å². The van der Waals surface area contributed by atoms with Gasteiger partial charge >= 0.3 is 0 Å². The third kappa shape index (κ3) is 4.41. The summed E-state index contributed by atoms with van der Waals surface area (Å²) in [5.41, 5.74) is 8.32. The predicted octanol–water partition coefficient (Wildman–Crippen LogP) is 2.09. The second-order valence-electron chi connectivity index (χ2n) is 6.65. The van der Waals surface area contributed by atoms with Crippen molar-refractivity contribution in [2.75, 3.05) is 18.5 Å². The summed E-state index contributed by atoms with van der Waals surface area (Å²) in [5.74, 6) is 3.69. The Morgan fingerprint density at radius 2 is 2.22 bits per heavy atom. The van der Waals surface area contributed by atoms with Crippen LogP contribution in [0.4, 0.5) is 5.82 Å². The largest absolute Gasteiger partial charge is 0.281 e. The zero-order valence-corrected chi connectivity index (χ0v) is 15.7. The minimum Gasteiger partial charge on any atom is -0.281 e. The number of amides is 1. The third-order valence-electron chi connectivity index (χ3n) is 4.82. The van der Waals surface area contributed by atoms with Crippen LogP contribution < -0.4 is 10.9 Å². The fraction of sp³-hybridized carbons (Fsp3) is 0.400. The number of aromatic nitrogens is 3. The Balaban J connectivity index is 1.74. The number of carbonyl (C=O) groups is 1. The lowest BCUT2D eigenvalue weighted by atomic mass is 10.0. The number of hydrazine groups is 1. The van der Waals surface area contributed by atoms with Crippen LogP contribution in [-0.4, -0.2) is 44.9 Å². The molecular formula is C20H24N6O. The monoisotopic (exact) mass is 364 g/mol. The lowest BCUT2D eigenvalue weighted by Gasteiger charge is -2.33. The predicted molar refractivity (Wildman–Crippen MR) is 105 cm³/mol. The number of nitrogens with zero attached hydrogens (tertiary/aromatic N) is 4. The van der Waals surface area contributed by atoms with Crippen molar-refractivity contribution >= 4 is 11.7 Å². The SMILES string of the molecule is C#CCN1CCCC[C@H]1C(=O)NNc1nc(-c2cccnc2)nc(C)c1C. The summed E-state index contributed by atoms with van der Waals surface area (Å²) in [6.07, 6.45) is 11.7. The highest BCUT2D eigenvalue weighted by atomic mass is 16.2. The van der Waals surface area contributed by atoms with Gasteiger partial charge < -0.3 is 0 Å². The molecule has 1 aliphatic heterocycles. The molecule has 3 rings (SSSR count). The fourth-order valence-corrected chi connectivity index (χ4v) is 3.17. The van der Waals surface area contributed by atoms with Gasteiger partial charge in [-0.2, -0.15) is 0 Å². The number of likely N-dealkylation sites (tertiary alicyclic amines) is 1. The second kappa shape index (κ2) is 8.60. The van der Waals surface area contributed by atoms with E-state index >= 15 is 0 Å². The maximum Gasteiger partial charge on any atom is 0.255 e. The van der Waals surface area contributed by atoms with Crippen molar-refractivity contribution in [3.8, 4) is 23.7 Å². The molecule has 1 aliphatic rings. The number of anilines is 1. The molecule has 3 heterocycles. The molecule has 0 bridgehead atoms. The molecule has 140 valence electrons. The van der Waals surface area contributed by atoms with Crippen LogP contribution in [0.5, 0.6) is 0 Å². The van der Waals surface area contributed by atoms with Gasteiger partial charge in [-0.05, 0) is 45.4 Å². The zero-order chi connectivity index (χ0) is 19.2. The number of pyridine rings is 1. The summed E-state index contributed by atoms with van der Waals surface area (Å²) in [6.45, 7) is 5.16. The number of nitrogens with one attached hydrogen (secondary N) is 2. The highest BCUT2D eigenvalue weighted by Gasteiger charge is 2.28. The van der Waals surface area contributed by atoms with Crippen LogP contribution in [0.2, 0.25) is 0 Å². The van der Waals surface area contributed by atoms with Crippen LogP contribution in [0.3, 0.4) is 0 Å². The van der Waals surface area contributed by atoms with E-state index in [0.29, 0.717) is 18.2 Å². The summed E-state index contributed by atoms with van der Waals surface area (Å²) in [6, 6.07) is 3.52. The third-order valence-corrected chi connectivity index (χ3v) is 4.82. The lowest BCUT2D eigenvalue weighted by molar-refractivity contribution is -0.126. The van der Waals surface area contributed by atoms with Crippen molar-refractivity contribution in [2.45, 2.75) is 39.2 Å². The van der Waals surface area contributed by atoms with Gasteiger partial charge in [0, 0.05) is 29.2 Å². The molecular weight excluding hydrogens is 340 g/mol. The van der Waals surface area contributed by atoms with E-state index < -0.39 is 0 Å². The summed E-state index contributed by atoms with van der Waals surface area (Å²) in [5, 5.41) is 0. The number of aryl methyl sites for hydroxylation is 1. The van der Waals surface area contributed by atoms with Gasteiger partial charge in [0.05, 0.1) is 12.6 Å². The van der Waals surface area contributed by atoms with Crippen LogP contribution in [-0.2, 0) is 4.79 Å². The molecule has 0 saturated carbocycles. The Hall–Kier alpha value is -2.98. The van der Waals surface area contributed by atoms with Crippen molar-refractivity contribution in [1.82, 2.24) is 25.3 Å². The van der Waals surface area contributed by atoms with Crippen LogP contribution >= 0.6 is 0 Å². The summed E-state index contributed by atoms with van der Waals surface area (Å²) >= 11 is 0. The number of piperidine rings is 1. The molecule has 7 nitrogen and oxygen atoms in total. The summed E-state index contributed by atoms with van der Waals surface area (Å²) < 4.78 is 0. The van der Waals surface area contributed by atoms with Crippen LogP contribution in [0, 0.1) is 26.2 Å². The molecule has 1 amide bonds. The van der Waals surface area contributed by atoms with E-state index in [0.717, 1.165) is 42.6 Å². The molecule has 1 saturated heterocycles. The van der Waals surface area contributed by atoms with Crippen molar-refractivity contribution in [3.05, 3.63) is 35.8 Å². The lowest BCUT2D eigenvalue weighted by Crippen LogP contribution is -2.50. The number of terminal acetylenes is 1. The maximum atomic E-state index is 12.7. The first-order valence-corrected chi connectivity index (χ1v) is 9.09. The second-order valence-corrected chi connectivity index (χ2v) is 6.65. The number of hydrogen-bond acceptors (Lipinski definition) is 6. The molecule has 0 aromatic carbocycles. The van der Waals surface area contributed by atoms with Gasteiger partial charge in [0.25, 0.3) is 5.91 Å². The number of carbonyl (C=O) groups excluding carboxylic acids is 1. The van der Waals surface area contributed by atoms with Crippen LogP contribution in [0.1, 0.15) is 30.5 Å². The van der Waals surface area contributed by atoms with Gasteiger partial charge in [-0.3, -0.25) is 25.5 Å². The van der Waals surface area contributed by atoms with Crippen LogP contribution in [0.15, 0.2) is 24.5 Å². The van der Waals surface area contributed by atoms with Gasteiger partial charge in [-0.15, -0.1) is 6.42 Å². The van der Waals surface area contributed by atoms with Crippen molar-refractivity contribution in [3.63, 3.8) is 0 Å². The number of rotatable bonds is 5. The Morgan fingerprint density at radius 3 is 2.96 bits per heavy atom. The van der Waals surface area contributed by atoms with Gasteiger partial charge in [0.1, 0.15) is 0 Å². The molecule has 7 heteroatoms. The topological polar surface area (TPSA) is 83.0 Å². The van der Waals surface area contributed by atoms with E-state index in [1.165, 1.54) is 0 Å². The van der Waals surface area contributed by atoms with E-state index in [4.69, 9.17) is 6.42 Å². The van der Waals surface area contributed by atoms with Crippen LogP contribution in [0.25, 0.3) is 11.4 Å². The van der Waals surface area contributed by atoms with Gasteiger partial charge in [-0.1, -0.05) is 12.3 Å². The molecule has 0 radical (unpaired) electrons. The Bertz CT molecular complexity index is 846. The molecule has 0 spiro atoms. The minimum atomic E-state index is -0.219. The standard InChI is InChI=1S/C20H24N6O/c1-4-11-26-12-6-5-9-17(26)20(27)25-24-18-14(2)15(3)22-19(23-18)16-8-7-10-21-13-16/h1,7-8,10,13,17H,5-6,9,11-12H2,2-3H3,(H,25,27)(H,22,23,24)/t17-/m0/s1. The molecule has 2 aromatic heterocycles. The summed E-state index contributed by atoms with van der Waals surface area (Å²) in [7, 11) is 0. The van der Waals surface area contributed by atoms with E-state index in [-0.39, 0.29) is 11.9 Å². The Kier molecular flexibility index (Phi) is 5.99. The smallest absolute Gasteiger partial charge is 0.255 e. The van der Waals surface area contributed by atoms with E-state index in [9.17, 15) is 4.79 Å². The first-order valence-electron chi connectivity index (χ1n) is 9.09.